The second-order valence-corrected chi connectivity index (χ2v) is 17.9. The van der Waals surface area contributed by atoms with Crippen LogP contribution in [0.5, 0.6) is 17.2 Å². The maximum atomic E-state index is 13.8. The van der Waals surface area contributed by atoms with E-state index in [1.807, 2.05) is 19.1 Å². The number of halogens is 2. The van der Waals surface area contributed by atoms with Gasteiger partial charge in [0.1, 0.15) is 45.7 Å². The van der Waals surface area contributed by atoms with Gasteiger partial charge in [-0.05, 0) is 51.5 Å². The normalized spacial score (nSPS) is 28.8. The minimum atomic E-state index is -0.350. The maximum absolute atomic E-state index is 13.8. The molecule has 0 aromatic heterocycles. The summed E-state index contributed by atoms with van der Waals surface area (Å²) < 4.78 is 45.3. The monoisotopic (exact) mass is 662 g/mol. The van der Waals surface area contributed by atoms with Crippen LogP contribution in [0.25, 0.3) is 0 Å². The molecule has 3 nitrogen and oxygen atoms in total. The number of hydrogen-bond acceptors (Lipinski definition) is 3. The van der Waals surface area contributed by atoms with Crippen LogP contribution in [0, 0.1) is 34.8 Å². The molecule has 6 rings (SSSR count). The topological polar surface area (TPSA) is 27.7 Å². The number of hydrogen-bond donors (Lipinski definition) is 0. The highest BCUT2D eigenvalue weighted by Crippen LogP contribution is 2.55. The first-order valence-corrected chi connectivity index (χ1v) is 17.5. The fourth-order valence-electron chi connectivity index (χ4n) is 7.35. The Balaban J connectivity index is 0.000000163. The average molecular weight is 663 g/mol. The van der Waals surface area contributed by atoms with E-state index in [2.05, 4.69) is 122 Å². The molecule has 0 bridgehead atoms. The largest absolute Gasteiger partial charge is 0.486 e. The molecule has 48 heavy (non-hydrogen) atoms. The van der Waals surface area contributed by atoms with Crippen LogP contribution in [0.15, 0.2) is 54.6 Å². The van der Waals surface area contributed by atoms with Gasteiger partial charge in [-0.25, -0.2) is 8.78 Å². The first kappa shape index (κ1) is 37.7. The lowest BCUT2D eigenvalue weighted by molar-refractivity contribution is -0.0146. The van der Waals surface area contributed by atoms with Gasteiger partial charge in [0.25, 0.3) is 0 Å². The van der Waals surface area contributed by atoms with Crippen LogP contribution in [0.1, 0.15) is 144 Å². The summed E-state index contributed by atoms with van der Waals surface area (Å²) in [7, 11) is 0. The number of rotatable bonds is 0. The number of ether oxygens (including phenoxy) is 3. The molecule has 0 saturated carbocycles. The van der Waals surface area contributed by atoms with Crippen molar-refractivity contribution in [3.8, 4) is 17.2 Å². The van der Waals surface area contributed by atoms with Gasteiger partial charge in [-0.3, -0.25) is 0 Å². The molecule has 6 unspecified atom stereocenters. The Hall–Kier alpha value is -3.08. The number of benzene rings is 3. The Morgan fingerprint density at radius 2 is 1.04 bits per heavy atom. The van der Waals surface area contributed by atoms with Gasteiger partial charge < -0.3 is 14.2 Å². The summed E-state index contributed by atoms with van der Waals surface area (Å²) in [5, 5.41) is 0. The van der Waals surface area contributed by atoms with Crippen molar-refractivity contribution in [2.24, 2.45) is 16.2 Å². The summed E-state index contributed by atoms with van der Waals surface area (Å²) >= 11 is 0. The highest BCUT2D eigenvalue weighted by Gasteiger charge is 2.52. The molecular formula is C43H60F2O3. The minimum absolute atomic E-state index is 0.0158. The minimum Gasteiger partial charge on any atom is -0.486 e. The number of aryl methyl sites for hydroxylation is 1. The Bertz CT molecular complexity index is 1630. The molecule has 0 aliphatic carbocycles. The van der Waals surface area contributed by atoms with E-state index in [1.54, 1.807) is 6.07 Å². The van der Waals surface area contributed by atoms with Gasteiger partial charge in [0.15, 0.2) is 0 Å². The number of fused-ring (bicyclic) bond motifs is 3. The molecule has 5 heteroatoms. The Morgan fingerprint density at radius 1 is 0.562 bits per heavy atom. The molecule has 0 fully saturated rings. The second-order valence-electron chi connectivity index (χ2n) is 17.9. The summed E-state index contributed by atoms with van der Waals surface area (Å²) in [5.74, 6) is 2.92. The fraction of sp³-hybridized carbons (Fsp3) is 0.581. The van der Waals surface area contributed by atoms with Crippen molar-refractivity contribution in [3.05, 3.63) is 88.5 Å². The van der Waals surface area contributed by atoms with E-state index in [1.165, 1.54) is 29.3 Å². The van der Waals surface area contributed by atoms with Gasteiger partial charge in [-0.1, -0.05) is 113 Å². The Labute approximate surface area is 289 Å². The Morgan fingerprint density at radius 3 is 1.56 bits per heavy atom. The SMILES string of the molecule is CC1c2c(F)cccc2OC1(C)C(C)(C)C.CC1c2ccc(F)cc2OC1(C)C(C)(C)C.Cc1cccc2c1OC(C)(C(C)(C)C)C2C. The van der Waals surface area contributed by atoms with Crippen LogP contribution in [0.2, 0.25) is 0 Å². The molecule has 3 aliphatic heterocycles. The first-order chi connectivity index (χ1) is 21.8. The molecule has 0 spiro atoms. The number of para-hydroxylation sites is 1. The first-order valence-electron chi connectivity index (χ1n) is 17.5. The summed E-state index contributed by atoms with van der Waals surface area (Å²) in [4.78, 5) is 0. The van der Waals surface area contributed by atoms with Crippen molar-refractivity contribution in [2.45, 2.75) is 145 Å². The van der Waals surface area contributed by atoms with Crippen molar-refractivity contribution < 1.29 is 23.0 Å². The molecule has 3 aromatic carbocycles. The third-order valence-corrected chi connectivity index (χ3v) is 12.5. The molecule has 0 saturated heterocycles. The van der Waals surface area contributed by atoms with Gasteiger partial charge in [0.05, 0.1) is 0 Å². The van der Waals surface area contributed by atoms with Crippen LogP contribution in [0.3, 0.4) is 0 Å². The van der Waals surface area contributed by atoms with Crippen molar-refractivity contribution in [3.63, 3.8) is 0 Å². The van der Waals surface area contributed by atoms with E-state index in [-0.39, 0.29) is 56.5 Å². The molecule has 0 amide bonds. The van der Waals surface area contributed by atoms with Crippen LogP contribution < -0.4 is 14.2 Å². The third-order valence-electron chi connectivity index (χ3n) is 12.5. The molecule has 3 aromatic rings. The average Bonchev–Trinajstić information content (AvgIpc) is 3.50. The molecule has 264 valence electrons. The van der Waals surface area contributed by atoms with E-state index in [0.717, 1.165) is 16.9 Å². The zero-order chi connectivity index (χ0) is 36.4. The summed E-state index contributed by atoms with van der Waals surface area (Å²) in [6.07, 6.45) is 0. The molecule has 3 heterocycles. The molecular weight excluding hydrogens is 602 g/mol. The predicted octanol–water partition coefficient (Wildman–Crippen LogP) is 12.5. The molecule has 0 N–H and O–H groups in total. The predicted molar refractivity (Wildman–Crippen MR) is 195 cm³/mol. The zero-order valence-corrected chi connectivity index (χ0v) is 32.4. The van der Waals surface area contributed by atoms with Crippen LogP contribution in [0.4, 0.5) is 8.78 Å². The zero-order valence-electron chi connectivity index (χ0n) is 32.4. The van der Waals surface area contributed by atoms with Crippen molar-refractivity contribution in [1.29, 1.82) is 0 Å². The van der Waals surface area contributed by atoms with Crippen LogP contribution in [-0.2, 0) is 0 Å². The smallest absolute Gasteiger partial charge is 0.130 e. The lowest BCUT2D eigenvalue weighted by Crippen LogP contribution is -2.46. The summed E-state index contributed by atoms with van der Waals surface area (Å²) in [6, 6.07) is 16.4. The van der Waals surface area contributed by atoms with Gasteiger partial charge >= 0.3 is 0 Å². The molecule has 6 atom stereocenters. The van der Waals surface area contributed by atoms with Crippen molar-refractivity contribution in [1.82, 2.24) is 0 Å². The van der Waals surface area contributed by atoms with Gasteiger partial charge in [-0.2, -0.15) is 0 Å². The molecule has 0 radical (unpaired) electrons. The summed E-state index contributed by atoms with van der Waals surface area (Å²) in [5.41, 5.74) is 3.83. The van der Waals surface area contributed by atoms with E-state index in [4.69, 9.17) is 14.2 Å². The van der Waals surface area contributed by atoms with Gasteiger partial charge in [-0.15, -0.1) is 0 Å². The van der Waals surface area contributed by atoms with E-state index < -0.39 is 0 Å². The molecule has 3 aliphatic rings. The Kier molecular flexibility index (Phi) is 9.71. The highest BCUT2D eigenvalue weighted by molar-refractivity contribution is 5.49. The quantitative estimate of drug-likeness (QED) is 0.240. The standard InChI is InChI=1S/C15H22O.2C14H19FO/c1-10-8-7-9-12-11(2)15(6,14(3,4)5)16-13(10)12;1-9-11-7-6-10(15)8-12(11)16-14(9,5)13(2,3)4;1-9-12-10(15)7-6-8-11(12)16-14(9,5)13(2,3)4/h7-9,11H,1-6H3;2*6-9H,1-5H3. The second kappa shape index (κ2) is 12.4. The lowest BCUT2D eigenvalue weighted by atomic mass is 9.70. The highest BCUT2D eigenvalue weighted by atomic mass is 19.1. The van der Waals surface area contributed by atoms with E-state index in [0.29, 0.717) is 17.4 Å². The van der Waals surface area contributed by atoms with Crippen molar-refractivity contribution >= 4 is 0 Å². The maximum Gasteiger partial charge on any atom is 0.130 e. The van der Waals surface area contributed by atoms with Crippen molar-refractivity contribution in [2.75, 3.05) is 0 Å². The van der Waals surface area contributed by atoms with E-state index in [9.17, 15) is 8.78 Å². The fourth-order valence-corrected chi connectivity index (χ4v) is 7.35. The van der Waals surface area contributed by atoms with Gasteiger partial charge in [0.2, 0.25) is 0 Å². The van der Waals surface area contributed by atoms with E-state index >= 15 is 0 Å². The summed E-state index contributed by atoms with van der Waals surface area (Å²) in [6.45, 7) is 34.6. The van der Waals surface area contributed by atoms with Gasteiger partial charge in [0, 0.05) is 56.8 Å². The third kappa shape index (κ3) is 6.24. The lowest BCUT2D eigenvalue weighted by Gasteiger charge is -2.41. The van der Waals surface area contributed by atoms with Crippen LogP contribution in [-0.4, -0.2) is 16.8 Å². The van der Waals surface area contributed by atoms with Crippen LogP contribution >= 0.6 is 0 Å².